The van der Waals surface area contributed by atoms with Crippen molar-refractivity contribution in [2.45, 2.75) is 38.7 Å². The fourth-order valence-corrected chi connectivity index (χ4v) is 1.22. The first-order valence-electron chi connectivity index (χ1n) is 4.61. The second kappa shape index (κ2) is 6.66. The van der Waals surface area contributed by atoms with Crippen LogP contribution in [0.5, 0.6) is 0 Å². The summed E-state index contributed by atoms with van der Waals surface area (Å²) in [7, 11) is 0. The summed E-state index contributed by atoms with van der Waals surface area (Å²) in [6.45, 7) is 5.10. The number of aliphatic hydroxyl groups is 1. The zero-order chi connectivity index (χ0) is 10.3. The normalized spacial score (nSPS) is 14.9. The zero-order valence-electron chi connectivity index (χ0n) is 8.07. The lowest BCUT2D eigenvalue weighted by Crippen LogP contribution is -2.25. The molecule has 13 heavy (non-hydrogen) atoms. The van der Waals surface area contributed by atoms with Crippen molar-refractivity contribution >= 4 is 5.97 Å². The summed E-state index contributed by atoms with van der Waals surface area (Å²) in [5.41, 5.74) is 0. The molecule has 0 bridgehead atoms. The summed E-state index contributed by atoms with van der Waals surface area (Å²) in [6, 6.07) is 0. The van der Waals surface area contributed by atoms with Gasteiger partial charge in [-0.15, -0.1) is 6.58 Å². The van der Waals surface area contributed by atoms with E-state index in [0.717, 1.165) is 19.3 Å². The van der Waals surface area contributed by atoms with Crippen molar-refractivity contribution < 1.29 is 15.0 Å². The second-order valence-corrected chi connectivity index (χ2v) is 3.26. The standard InChI is InChI=1S/C10H18O3/c1-3-4-5-6-7-9(8(2)11)10(12)13/h3,8-9,11H,1,4-7H2,2H3,(H,12,13). The minimum Gasteiger partial charge on any atom is -0.481 e. The Balaban J connectivity index is 3.70. The fraction of sp³-hybridized carbons (Fsp3) is 0.700. The Labute approximate surface area is 79.1 Å². The minimum atomic E-state index is -0.909. The highest BCUT2D eigenvalue weighted by Gasteiger charge is 2.21. The van der Waals surface area contributed by atoms with Crippen LogP contribution < -0.4 is 0 Å². The largest absolute Gasteiger partial charge is 0.481 e. The van der Waals surface area contributed by atoms with Crippen LogP contribution in [0.25, 0.3) is 0 Å². The number of hydrogen-bond donors (Lipinski definition) is 2. The van der Waals surface area contributed by atoms with Crippen molar-refractivity contribution in [3.05, 3.63) is 12.7 Å². The van der Waals surface area contributed by atoms with Gasteiger partial charge in [-0.25, -0.2) is 0 Å². The van der Waals surface area contributed by atoms with E-state index in [1.165, 1.54) is 6.92 Å². The van der Waals surface area contributed by atoms with Crippen LogP contribution in [0.2, 0.25) is 0 Å². The van der Waals surface area contributed by atoms with Crippen LogP contribution in [0, 0.1) is 5.92 Å². The van der Waals surface area contributed by atoms with Crippen molar-refractivity contribution in [1.82, 2.24) is 0 Å². The van der Waals surface area contributed by atoms with Crippen molar-refractivity contribution in [3.8, 4) is 0 Å². The van der Waals surface area contributed by atoms with Gasteiger partial charge in [0.1, 0.15) is 0 Å². The van der Waals surface area contributed by atoms with E-state index in [1.807, 2.05) is 6.08 Å². The molecule has 0 rings (SSSR count). The highest BCUT2D eigenvalue weighted by Crippen LogP contribution is 2.14. The van der Waals surface area contributed by atoms with E-state index in [0.29, 0.717) is 6.42 Å². The molecule has 2 N–H and O–H groups in total. The smallest absolute Gasteiger partial charge is 0.309 e. The van der Waals surface area contributed by atoms with Gasteiger partial charge in [-0.05, 0) is 26.2 Å². The third-order valence-corrected chi connectivity index (χ3v) is 2.07. The third kappa shape index (κ3) is 5.42. The Morgan fingerprint density at radius 3 is 2.54 bits per heavy atom. The maximum absolute atomic E-state index is 10.6. The molecule has 76 valence electrons. The van der Waals surface area contributed by atoms with Gasteiger partial charge >= 0.3 is 5.97 Å². The Morgan fingerprint density at radius 2 is 2.15 bits per heavy atom. The lowest BCUT2D eigenvalue weighted by molar-refractivity contribution is -0.145. The molecule has 3 nitrogen and oxygen atoms in total. The van der Waals surface area contributed by atoms with Gasteiger partial charge in [-0.1, -0.05) is 12.5 Å². The van der Waals surface area contributed by atoms with Crippen LogP contribution in [-0.2, 0) is 4.79 Å². The van der Waals surface area contributed by atoms with Crippen molar-refractivity contribution in [3.63, 3.8) is 0 Å². The molecule has 0 aliphatic rings. The van der Waals surface area contributed by atoms with E-state index in [9.17, 15) is 4.79 Å². The average molecular weight is 186 g/mol. The first-order valence-corrected chi connectivity index (χ1v) is 4.61. The molecule has 0 aromatic carbocycles. The summed E-state index contributed by atoms with van der Waals surface area (Å²) < 4.78 is 0. The maximum Gasteiger partial charge on any atom is 0.309 e. The van der Waals surface area contributed by atoms with E-state index >= 15 is 0 Å². The van der Waals surface area contributed by atoms with Crippen LogP contribution in [0.4, 0.5) is 0 Å². The molecule has 0 saturated carbocycles. The Hall–Kier alpha value is -0.830. The predicted octanol–water partition coefficient (Wildman–Crippen LogP) is 1.81. The average Bonchev–Trinajstić information content (AvgIpc) is 2.02. The topological polar surface area (TPSA) is 57.5 Å². The van der Waals surface area contributed by atoms with Gasteiger partial charge in [0.25, 0.3) is 0 Å². The molecule has 0 aromatic heterocycles. The number of carboxylic acids is 1. The summed E-state index contributed by atoms with van der Waals surface area (Å²) in [4.78, 5) is 10.6. The molecule has 0 aromatic rings. The predicted molar refractivity (Wildman–Crippen MR) is 51.5 cm³/mol. The fourth-order valence-electron chi connectivity index (χ4n) is 1.22. The van der Waals surface area contributed by atoms with E-state index in [-0.39, 0.29) is 0 Å². The summed E-state index contributed by atoms with van der Waals surface area (Å²) in [5.74, 6) is -1.53. The van der Waals surface area contributed by atoms with E-state index < -0.39 is 18.0 Å². The Bertz CT molecular complexity index is 164. The molecular formula is C10H18O3. The monoisotopic (exact) mass is 186 g/mol. The maximum atomic E-state index is 10.6. The van der Waals surface area contributed by atoms with Crippen LogP contribution in [0.1, 0.15) is 32.6 Å². The summed E-state index contributed by atoms with van der Waals surface area (Å²) in [5, 5.41) is 17.9. The number of unbranched alkanes of at least 4 members (excludes halogenated alkanes) is 2. The Morgan fingerprint density at radius 1 is 1.54 bits per heavy atom. The van der Waals surface area contributed by atoms with Crippen molar-refractivity contribution in [2.24, 2.45) is 5.92 Å². The molecule has 2 unspecified atom stereocenters. The minimum absolute atomic E-state index is 0.542. The molecule has 3 heteroatoms. The molecule has 0 aliphatic heterocycles. The molecule has 0 heterocycles. The molecular weight excluding hydrogens is 168 g/mol. The molecule has 0 saturated heterocycles. The van der Waals surface area contributed by atoms with Crippen LogP contribution in [-0.4, -0.2) is 22.3 Å². The van der Waals surface area contributed by atoms with Gasteiger partial charge in [0.2, 0.25) is 0 Å². The van der Waals surface area contributed by atoms with Gasteiger partial charge in [0.05, 0.1) is 12.0 Å². The van der Waals surface area contributed by atoms with E-state index in [4.69, 9.17) is 10.2 Å². The molecule has 0 fully saturated rings. The highest BCUT2D eigenvalue weighted by molar-refractivity contribution is 5.70. The lowest BCUT2D eigenvalue weighted by Gasteiger charge is -2.14. The number of hydrogen-bond acceptors (Lipinski definition) is 2. The van der Waals surface area contributed by atoms with Gasteiger partial charge in [0, 0.05) is 0 Å². The molecule has 2 atom stereocenters. The van der Waals surface area contributed by atoms with Crippen LogP contribution in [0.3, 0.4) is 0 Å². The quantitative estimate of drug-likeness (QED) is 0.471. The lowest BCUT2D eigenvalue weighted by atomic mass is 9.96. The van der Waals surface area contributed by atoms with Crippen LogP contribution in [0.15, 0.2) is 12.7 Å². The first kappa shape index (κ1) is 12.2. The van der Waals surface area contributed by atoms with Crippen molar-refractivity contribution in [2.75, 3.05) is 0 Å². The van der Waals surface area contributed by atoms with Gasteiger partial charge in [-0.2, -0.15) is 0 Å². The Kier molecular flexibility index (Phi) is 6.24. The number of aliphatic carboxylic acids is 1. The first-order chi connectivity index (χ1) is 6.09. The van der Waals surface area contributed by atoms with Gasteiger partial charge < -0.3 is 10.2 Å². The number of aliphatic hydroxyl groups excluding tert-OH is 1. The van der Waals surface area contributed by atoms with E-state index in [1.54, 1.807) is 0 Å². The van der Waals surface area contributed by atoms with Crippen LogP contribution >= 0.6 is 0 Å². The SMILES string of the molecule is C=CCCCCC(C(=O)O)C(C)O. The third-order valence-electron chi connectivity index (χ3n) is 2.07. The molecule has 0 amide bonds. The number of carbonyl (C=O) groups is 1. The van der Waals surface area contributed by atoms with Gasteiger partial charge in [0.15, 0.2) is 0 Å². The molecule has 0 radical (unpaired) electrons. The summed E-state index contributed by atoms with van der Waals surface area (Å²) >= 11 is 0. The molecule has 0 aliphatic carbocycles. The molecule has 0 spiro atoms. The van der Waals surface area contributed by atoms with Gasteiger partial charge in [-0.3, -0.25) is 4.79 Å². The highest BCUT2D eigenvalue weighted by atomic mass is 16.4. The van der Waals surface area contributed by atoms with E-state index in [2.05, 4.69) is 6.58 Å². The number of rotatable bonds is 7. The summed E-state index contributed by atoms with van der Waals surface area (Å²) in [6.07, 6.45) is 4.28. The number of allylic oxidation sites excluding steroid dienone is 1. The zero-order valence-corrected chi connectivity index (χ0v) is 8.07. The van der Waals surface area contributed by atoms with Crippen molar-refractivity contribution in [1.29, 1.82) is 0 Å². The number of carboxylic acid groups (broad SMARTS) is 1. The second-order valence-electron chi connectivity index (χ2n) is 3.26.